The third kappa shape index (κ3) is 22.2. The minimum Gasteiger partial charge on any atom is -0.420 e. The highest BCUT2D eigenvalue weighted by atomic mass is 19.2. The molecule has 1 N–H and O–H groups in total. The van der Waals surface area contributed by atoms with Crippen LogP contribution in [0.25, 0.3) is 0 Å². The van der Waals surface area contributed by atoms with E-state index < -0.39 is 41.4 Å². The lowest BCUT2D eigenvalue weighted by Crippen LogP contribution is -2.25. The molecular weight excluding hydrogens is 622 g/mol. The number of carbonyl (C=O) groups is 2. The summed E-state index contributed by atoms with van der Waals surface area (Å²) in [7, 11) is 0. The van der Waals surface area contributed by atoms with Crippen LogP contribution in [-0.4, -0.2) is 111 Å². The Morgan fingerprint density at radius 1 is 0.609 bits per heavy atom. The van der Waals surface area contributed by atoms with Crippen LogP contribution in [0.3, 0.4) is 0 Å². The van der Waals surface area contributed by atoms with Crippen LogP contribution >= 0.6 is 0 Å². The fourth-order valence-corrected chi connectivity index (χ4v) is 3.54. The first-order valence-electron chi connectivity index (χ1n) is 15.6. The molecule has 1 amide bonds. The van der Waals surface area contributed by atoms with Gasteiger partial charge in [-0.1, -0.05) is 26.7 Å². The second kappa shape index (κ2) is 27.7. The van der Waals surface area contributed by atoms with E-state index in [2.05, 4.69) is 23.9 Å². The van der Waals surface area contributed by atoms with Crippen molar-refractivity contribution in [1.82, 2.24) is 5.32 Å². The largest absolute Gasteiger partial charge is 0.420 e. The highest BCUT2D eigenvalue weighted by Crippen LogP contribution is 2.26. The van der Waals surface area contributed by atoms with E-state index in [-0.39, 0.29) is 31.8 Å². The Kier molecular flexibility index (Phi) is 25.1. The van der Waals surface area contributed by atoms with Gasteiger partial charge in [0.15, 0.2) is 11.6 Å². The maximum Gasteiger partial charge on any atom is 0.313 e. The van der Waals surface area contributed by atoms with Crippen LogP contribution in [0.1, 0.15) is 46.0 Å². The summed E-state index contributed by atoms with van der Waals surface area (Å²) >= 11 is 0. The number of rotatable bonds is 30. The van der Waals surface area contributed by atoms with E-state index in [1.54, 1.807) is 0 Å². The molecule has 0 aliphatic carbocycles. The lowest BCUT2D eigenvalue weighted by Gasteiger charge is -2.09. The summed E-state index contributed by atoms with van der Waals surface area (Å²) in [5.74, 6) is -8.78. The first-order valence-corrected chi connectivity index (χ1v) is 15.6. The van der Waals surface area contributed by atoms with Gasteiger partial charge in [-0.3, -0.25) is 9.59 Å². The Balaban J connectivity index is 1.78. The molecule has 11 nitrogen and oxygen atoms in total. The van der Waals surface area contributed by atoms with Crippen molar-refractivity contribution in [1.29, 1.82) is 0 Å². The topological polar surface area (TPSA) is 120 Å². The number of ether oxygens (including phenoxy) is 8. The Morgan fingerprint density at radius 3 is 1.41 bits per heavy atom. The van der Waals surface area contributed by atoms with Gasteiger partial charge in [-0.05, 0) is 12.3 Å². The Hall–Kier alpha value is -2.40. The van der Waals surface area contributed by atoms with Crippen molar-refractivity contribution in [2.45, 2.75) is 46.0 Å². The monoisotopic (exact) mass is 671 g/mol. The summed E-state index contributed by atoms with van der Waals surface area (Å²) < 4.78 is 95.1. The van der Waals surface area contributed by atoms with Crippen molar-refractivity contribution < 1.29 is 65.0 Å². The molecule has 15 heteroatoms. The molecule has 0 fully saturated rings. The van der Waals surface area contributed by atoms with E-state index in [1.807, 2.05) is 0 Å². The number of amides is 1. The van der Waals surface area contributed by atoms with Gasteiger partial charge >= 0.3 is 5.97 Å². The van der Waals surface area contributed by atoms with Crippen LogP contribution in [0, 0.1) is 29.2 Å². The van der Waals surface area contributed by atoms with Gasteiger partial charge in [0.2, 0.25) is 23.3 Å². The van der Waals surface area contributed by atoms with Crippen LogP contribution in [0.4, 0.5) is 17.6 Å². The highest BCUT2D eigenvalue weighted by molar-refractivity contribution is 5.75. The van der Waals surface area contributed by atoms with Crippen molar-refractivity contribution in [3.63, 3.8) is 0 Å². The number of hydrogen-bond acceptors (Lipinski definition) is 10. The molecular formula is C31H49F4NO10. The quantitative estimate of drug-likeness (QED) is 0.0423. The Morgan fingerprint density at radius 2 is 1.00 bits per heavy atom. The molecule has 0 unspecified atom stereocenters. The van der Waals surface area contributed by atoms with E-state index in [0.717, 1.165) is 12.8 Å². The number of nitrogens with one attached hydrogen (secondary N) is 1. The summed E-state index contributed by atoms with van der Waals surface area (Å²) in [5, 5.41) is 2.90. The molecule has 0 saturated carbocycles. The van der Waals surface area contributed by atoms with E-state index in [1.165, 1.54) is 6.42 Å². The third-order valence-corrected chi connectivity index (χ3v) is 5.97. The minimum atomic E-state index is -1.79. The minimum absolute atomic E-state index is 0.00706. The summed E-state index contributed by atoms with van der Waals surface area (Å²) in [4.78, 5) is 23.4. The van der Waals surface area contributed by atoms with Crippen LogP contribution in [0.5, 0.6) is 5.75 Å². The molecule has 266 valence electrons. The second-order valence-corrected chi connectivity index (χ2v) is 10.3. The zero-order valence-corrected chi connectivity index (χ0v) is 26.9. The summed E-state index contributed by atoms with van der Waals surface area (Å²) in [6.07, 6.45) is 3.26. The zero-order chi connectivity index (χ0) is 33.8. The molecule has 0 aliphatic rings. The first-order chi connectivity index (χ1) is 22.2. The van der Waals surface area contributed by atoms with E-state index >= 15 is 0 Å². The number of benzene rings is 1. The van der Waals surface area contributed by atoms with Crippen molar-refractivity contribution in [3.05, 3.63) is 29.3 Å². The maximum absolute atomic E-state index is 13.5. The molecule has 0 aromatic heterocycles. The van der Waals surface area contributed by atoms with Crippen molar-refractivity contribution >= 4 is 11.9 Å². The third-order valence-electron chi connectivity index (χ3n) is 5.97. The summed E-state index contributed by atoms with van der Waals surface area (Å²) in [6.45, 7) is 9.60. The average Bonchev–Trinajstić information content (AvgIpc) is 3.02. The Bertz CT molecular complexity index is 932. The highest BCUT2D eigenvalue weighted by Gasteiger charge is 2.22. The predicted octanol–water partition coefficient (Wildman–Crippen LogP) is 3.99. The first kappa shape index (κ1) is 41.6. The van der Waals surface area contributed by atoms with Crippen molar-refractivity contribution in [2.75, 3.05) is 99.0 Å². The van der Waals surface area contributed by atoms with Crippen LogP contribution < -0.4 is 10.1 Å². The number of halogens is 4. The normalized spacial score (nSPS) is 11.4. The van der Waals surface area contributed by atoms with E-state index in [4.69, 9.17) is 33.2 Å². The van der Waals surface area contributed by atoms with Gasteiger partial charge in [0, 0.05) is 19.0 Å². The van der Waals surface area contributed by atoms with Gasteiger partial charge in [-0.2, -0.15) is 8.78 Å². The molecule has 46 heavy (non-hydrogen) atoms. The number of unbranched alkanes of at least 4 members (excludes halogenated alkanes) is 1. The predicted molar refractivity (Wildman–Crippen MR) is 159 cm³/mol. The van der Waals surface area contributed by atoms with Crippen molar-refractivity contribution in [2.24, 2.45) is 5.92 Å². The van der Waals surface area contributed by atoms with Gasteiger partial charge in [0.25, 0.3) is 0 Å². The molecule has 0 atom stereocenters. The van der Waals surface area contributed by atoms with Crippen LogP contribution in [-0.2, 0) is 42.7 Å². The van der Waals surface area contributed by atoms with Crippen LogP contribution in [0.2, 0.25) is 0 Å². The van der Waals surface area contributed by atoms with Crippen LogP contribution in [0.15, 0.2) is 6.07 Å². The van der Waals surface area contributed by atoms with E-state index in [0.29, 0.717) is 91.6 Å². The number of esters is 1. The standard InChI is InChI=1S/C31H49F4NO10/c1-24(2)5-3-4-8-36-27(37)6-9-39-11-13-41-15-17-43-19-21-45-22-20-44-18-16-42-14-12-40-10-7-28(38)46-31-29(34)25(32)23-26(33)30(31)35/h23-24H,3-22H2,1-2H3,(H,36,37). The second-order valence-electron chi connectivity index (χ2n) is 10.3. The SMILES string of the molecule is CC(C)CCCCNC(=O)CCOCCOCCOCCOCCOCCOCCOCCC(=O)Oc1c(F)c(F)cc(F)c1F. The smallest absolute Gasteiger partial charge is 0.313 e. The molecule has 1 aromatic rings. The van der Waals surface area contributed by atoms with Gasteiger partial charge < -0.3 is 43.2 Å². The van der Waals surface area contributed by atoms with Gasteiger partial charge in [-0.15, -0.1) is 0 Å². The molecule has 0 bridgehead atoms. The summed E-state index contributed by atoms with van der Waals surface area (Å²) in [5.41, 5.74) is 0. The maximum atomic E-state index is 13.5. The molecule has 1 rings (SSSR count). The molecule has 0 aliphatic heterocycles. The number of hydrogen-bond donors (Lipinski definition) is 1. The molecule has 0 heterocycles. The van der Waals surface area contributed by atoms with Crippen molar-refractivity contribution in [3.8, 4) is 5.75 Å². The average molecular weight is 672 g/mol. The van der Waals surface area contributed by atoms with Gasteiger partial charge in [0.05, 0.1) is 98.9 Å². The molecule has 0 radical (unpaired) electrons. The lowest BCUT2D eigenvalue weighted by atomic mass is 10.1. The fraction of sp³-hybridized carbons (Fsp3) is 0.742. The lowest BCUT2D eigenvalue weighted by molar-refractivity contribution is -0.136. The molecule has 0 spiro atoms. The number of carbonyl (C=O) groups excluding carboxylic acids is 2. The van der Waals surface area contributed by atoms with E-state index in [9.17, 15) is 27.2 Å². The Labute approximate surface area is 268 Å². The zero-order valence-electron chi connectivity index (χ0n) is 26.9. The van der Waals surface area contributed by atoms with Gasteiger partial charge in [-0.25, -0.2) is 8.78 Å². The fourth-order valence-electron chi connectivity index (χ4n) is 3.54. The molecule has 0 saturated heterocycles. The summed E-state index contributed by atoms with van der Waals surface area (Å²) in [6, 6.07) is 0.0178. The molecule has 1 aromatic carbocycles. The van der Waals surface area contributed by atoms with Gasteiger partial charge in [0.1, 0.15) is 0 Å².